The molecule has 114 valence electrons. The molecule has 0 aliphatic carbocycles. The van der Waals surface area contributed by atoms with E-state index < -0.39 is 12.5 Å². The van der Waals surface area contributed by atoms with Crippen LogP contribution in [0.15, 0.2) is 24.3 Å². The predicted octanol–water partition coefficient (Wildman–Crippen LogP) is 3.01. The third-order valence-corrected chi connectivity index (χ3v) is 2.71. The zero-order valence-electron chi connectivity index (χ0n) is 10.3. The molecule has 1 aromatic rings. The van der Waals surface area contributed by atoms with Crippen LogP contribution in [0, 0.1) is 0 Å². The second kappa shape index (κ2) is 7.10. The van der Waals surface area contributed by atoms with Crippen LogP contribution in [0.25, 0.3) is 0 Å². The fourth-order valence-corrected chi connectivity index (χ4v) is 1.75. The summed E-state index contributed by atoms with van der Waals surface area (Å²) in [7, 11) is 0. The van der Waals surface area contributed by atoms with Crippen LogP contribution in [0.4, 0.5) is 17.6 Å². The van der Waals surface area contributed by atoms with E-state index in [0.29, 0.717) is 19.8 Å². The number of ether oxygens (including phenoxy) is 2. The van der Waals surface area contributed by atoms with Gasteiger partial charge in [-0.15, -0.1) is 12.4 Å². The summed E-state index contributed by atoms with van der Waals surface area (Å²) in [5.74, 6) is -0.300. The molecule has 2 rings (SSSR count). The molecule has 0 radical (unpaired) electrons. The Balaban J connectivity index is 0.00000200. The number of alkyl halides is 4. The zero-order chi connectivity index (χ0) is 13.9. The Morgan fingerprint density at radius 3 is 2.40 bits per heavy atom. The molecular weight excluding hydrogens is 302 g/mol. The minimum Gasteiger partial charge on any atom is -0.428 e. The Kier molecular flexibility index (Phi) is 6.04. The number of rotatable bonds is 4. The summed E-state index contributed by atoms with van der Waals surface area (Å²) >= 11 is 0. The summed E-state index contributed by atoms with van der Waals surface area (Å²) in [6, 6.07) is 5.54. The summed E-state index contributed by atoms with van der Waals surface area (Å²) in [6.07, 6.45) is -8.34. The van der Waals surface area contributed by atoms with E-state index in [1.54, 1.807) is 12.1 Å². The highest BCUT2D eigenvalue weighted by Crippen LogP contribution is 2.28. The van der Waals surface area contributed by atoms with Crippen LogP contribution in [-0.2, 0) is 4.74 Å². The normalized spacial score (nSPS) is 19.6. The van der Waals surface area contributed by atoms with E-state index in [0.717, 1.165) is 5.56 Å². The predicted molar refractivity (Wildman–Crippen MR) is 66.8 cm³/mol. The largest absolute Gasteiger partial charge is 0.461 e. The Bertz CT molecular complexity index is 410. The first-order chi connectivity index (χ1) is 8.99. The number of halogens is 5. The van der Waals surface area contributed by atoms with Gasteiger partial charge in [-0.1, -0.05) is 12.1 Å². The van der Waals surface area contributed by atoms with Crippen LogP contribution < -0.4 is 10.1 Å². The van der Waals surface area contributed by atoms with Gasteiger partial charge in [-0.05, 0) is 17.7 Å². The topological polar surface area (TPSA) is 30.5 Å². The van der Waals surface area contributed by atoms with Gasteiger partial charge < -0.3 is 14.8 Å². The van der Waals surface area contributed by atoms with Crippen LogP contribution >= 0.6 is 12.4 Å². The van der Waals surface area contributed by atoms with Gasteiger partial charge in [0.25, 0.3) is 0 Å². The van der Waals surface area contributed by atoms with E-state index in [9.17, 15) is 17.6 Å². The van der Waals surface area contributed by atoms with Gasteiger partial charge in [-0.3, -0.25) is 0 Å². The van der Waals surface area contributed by atoms with Crippen molar-refractivity contribution in [3.05, 3.63) is 29.8 Å². The Morgan fingerprint density at radius 1 is 1.25 bits per heavy atom. The molecule has 1 saturated heterocycles. The van der Waals surface area contributed by atoms with Crippen molar-refractivity contribution >= 4 is 12.4 Å². The van der Waals surface area contributed by atoms with Gasteiger partial charge in [0, 0.05) is 6.54 Å². The number of hydrogen-bond acceptors (Lipinski definition) is 3. The molecule has 1 heterocycles. The van der Waals surface area contributed by atoms with E-state index in [1.165, 1.54) is 12.1 Å². The Labute approximate surface area is 119 Å². The molecule has 0 saturated carbocycles. The molecule has 1 fully saturated rings. The van der Waals surface area contributed by atoms with Crippen molar-refractivity contribution in [2.75, 3.05) is 19.8 Å². The number of benzene rings is 1. The Hall–Kier alpha value is -1.05. The van der Waals surface area contributed by atoms with Gasteiger partial charge in [0.2, 0.25) is 0 Å². The molecule has 1 aromatic carbocycles. The van der Waals surface area contributed by atoms with Gasteiger partial charge in [0.1, 0.15) is 5.75 Å². The second-order valence-electron chi connectivity index (χ2n) is 4.12. The quantitative estimate of drug-likeness (QED) is 0.867. The SMILES string of the molecule is Cl.FC(F)C(F)(F)Oc1ccc([C@H]2COCCN2)cc1. The lowest BCUT2D eigenvalue weighted by molar-refractivity contribution is -0.253. The third-order valence-electron chi connectivity index (χ3n) is 2.71. The first kappa shape index (κ1) is 17.0. The minimum absolute atomic E-state index is 0. The molecule has 8 heteroatoms. The molecule has 1 aliphatic rings. The van der Waals surface area contributed by atoms with Crippen molar-refractivity contribution < 1.29 is 27.0 Å². The first-order valence-corrected chi connectivity index (χ1v) is 5.75. The van der Waals surface area contributed by atoms with Crippen molar-refractivity contribution in [1.82, 2.24) is 5.32 Å². The maximum Gasteiger partial charge on any atom is 0.461 e. The molecular formula is C12H14ClF4NO2. The maximum atomic E-state index is 12.7. The fourth-order valence-electron chi connectivity index (χ4n) is 1.75. The fraction of sp³-hybridized carbons (Fsp3) is 0.500. The molecule has 0 amide bonds. The zero-order valence-corrected chi connectivity index (χ0v) is 11.1. The summed E-state index contributed by atoms with van der Waals surface area (Å²) in [5, 5.41) is 3.19. The standard InChI is InChI=1S/C12H13F4NO2.ClH/c13-11(14)12(15,16)19-9-3-1-8(2-4-9)10-7-18-6-5-17-10;/h1-4,10-11,17H,5-7H2;1H/t10-;/m1./s1. The van der Waals surface area contributed by atoms with Gasteiger partial charge >= 0.3 is 12.5 Å². The molecule has 3 nitrogen and oxygen atoms in total. The molecule has 1 aliphatic heterocycles. The van der Waals surface area contributed by atoms with Gasteiger partial charge in [0.05, 0.1) is 19.3 Å². The van der Waals surface area contributed by atoms with E-state index >= 15 is 0 Å². The minimum atomic E-state index is -4.48. The second-order valence-corrected chi connectivity index (χ2v) is 4.12. The smallest absolute Gasteiger partial charge is 0.428 e. The lowest BCUT2D eigenvalue weighted by atomic mass is 10.1. The molecule has 0 bridgehead atoms. The molecule has 1 N–H and O–H groups in total. The number of morpholine rings is 1. The summed E-state index contributed by atoms with van der Waals surface area (Å²) in [4.78, 5) is 0. The van der Waals surface area contributed by atoms with Gasteiger partial charge in [-0.25, -0.2) is 0 Å². The average Bonchev–Trinajstić information content (AvgIpc) is 2.40. The summed E-state index contributed by atoms with van der Waals surface area (Å²) in [5.41, 5.74) is 0.826. The Morgan fingerprint density at radius 2 is 1.90 bits per heavy atom. The van der Waals surface area contributed by atoms with Crippen LogP contribution in [0.3, 0.4) is 0 Å². The third kappa shape index (κ3) is 4.22. The van der Waals surface area contributed by atoms with E-state index in [4.69, 9.17) is 4.74 Å². The lowest BCUT2D eigenvalue weighted by Crippen LogP contribution is -2.34. The maximum absolute atomic E-state index is 12.7. The highest BCUT2D eigenvalue weighted by Gasteiger charge is 2.43. The van der Waals surface area contributed by atoms with Crippen molar-refractivity contribution in [1.29, 1.82) is 0 Å². The van der Waals surface area contributed by atoms with Crippen molar-refractivity contribution in [3.63, 3.8) is 0 Å². The molecule has 0 aromatic heterocycles. The average molecular weight is 316 g/mol. The summed E-state index contributed by atoms with van der Waals surface area (Å²) in [6.45, 7) is 1.80. The number of hydrogen-bond donors (Lipinski definition) is 1. The van der Waals surface area contributed by atoms with Crippen molar-refractivity contribution in [2.24, 2.45) is 0 Å². The molecule has 20 heavy (non-hydrogen) atoms. The van der Waals surface area contributed by atoms with Gasteiger partial charge in [0.15, 0.2) is 0 Å². The van der Waals surface area contributed by atoms with Crippen LogP contribution in [0.1, 0.15) is 11.6 Å². The molecule has 0 spiro atoms. The monoisotopic (exact) mass is 315 g/mol. The van der Waals surface area contributed by atoms with Crippen molar-refractivity contribution in [2.45, 2.75) is 18.6 Å². The number of nitrogens with one attached hydrogen (secondary N) is 1. The lowest BCUT2D eigenvalue weighted by Gasteiger charge is -2.24. The van der Waals surface area contributed by atoms with E-state index in [1.807, 2.05) is 0 Å². The highest BCUT2D eigenvalue weighted by molar-refractivity contribution is 5.85. The van der Waals surface area contributed by atoms with E-state index in [-0.39, 0.29) is 24.2 Å². The van der Waals surface area contributed by atoms with Crippen LogP contribution in [0.5, 0.6) is 5.75 Å². The highest BCUT2D eigenvalue weighted by atomic mass is 35.5. The van der Waals surface area contributed by atoms with Crippen LogP contribution in [-0.4, -0.2) is 32.3 Å². The first-order valence-electron chi connectivity index (χ1n) is 5.75. The van der Waals surface area contributed by atoms with Crippen LogP contribution in [0.2, 0.25) is 0 Å². The molecule has 0 unspecified atom stereocenters. The van der Waals surface area contributed by atoms with Gasteiger partial charge in [-0.2, -0.15) is 17.6 Å². The van der Waals surface area contributed by atoms with Crippen molar-refractivity contribution in [3.8, 4) is 5.75 Å². The molecule has 1 atom stereocenters. The summed E-state index contributed by atoms with van der Waals surface area (Å²) < 4.78 is 58.5. The van der Waals surface area contributed by atoms with E-state index in [2.05, 4.69) is 10.1 Å².